The Labute approximate surface area is 156 Å². The Kier molecular flexibility index (Phi) is 7.43. The molecule has 136 valence electrons. The average molecular weight is 410 g/mol. The van der Waals surface area contributed by atoms with E-state index in [1.54, 1.807) is 6.07 Å². The molecular weight excluding hydrogens is 385 g/mol. The molecule has 0 saturated carbocycles. The Morgan fingerprint density at radius 3 is 2.76 bits per heavy atom. The zero-order valence-electron chi connectivity index (χ0n) is 14.9. The Morgan fingerprint density at radius 1 is 1.28 bits per heavy atom. The summed E-state index contributed by atoms with van der Waals surface area (Å²) >= 11 is 3.43. The third-order valence-electron chi connectivity index (χ3n) is 3.70. The van der Waals surface area contributed by atoms with Crippen LogP contribution in [0.15, 0.2) is 33.7 Å². The molecule has 0 aliphatic heterocycles. The minimum Gasteiger partial charge on any atom is -0.357 e. The first-order valence-corrected chi connectivity index (χ1v) is 9.26. The van der Waals surface area contributed by atoms with Crippen molar-refractivity contribution in [2.45, 2.75) is 40.3 Å². The molecule has 0 unspecified atom stereocenters. The molecule has 0 aliphatic carbocycles. The van der Waals surface area contributed by atoms with E-state index in [9.17, 15) is 4.39 Å². The number of rotatable bonds is 7. The minimum absolute atomic E-state index is 0.253. The van der Waals surface area contributed by atoms with Crippen LogP contribution in [0.2, 0.25) is 0 Å². The summed E-state index contributed by atoms with van der Waals surface area (Å²) in [6.07, 6.45) is 0.941. The topological polar surface area (TPSA) is 54.2 Å². The second kappa shape index (κ2) is 9.56. The van der Waals surface area contributed by atoms with Gasteiger partial charge < -0.3 is 10.6 Å². The van der Waals surface area contributed by atoms with Gasteiger partial charge >= 0.3 is 0 Å². The number of halogens is 2. The molecule has 2 rings (SSSR count). The van der Waals surface area contributed by atoms with E-state index >= 15 is 0 Å². The van der Waals surface area contributed by atoms with Gasteiger partial charge in [0.2, 0.25) is 0 Å². The van der Waals surface area contributed by atoms with Gasteiger partial charge in [-0.3, -0.25) is 4.68 Å². The van der Waals surface area contributed by atoms with Crippen molar-refractivity contribution in [2.75, 3.05) is 13.1 Å². The van der Waals surface area contributed by atoms with Gasteiger partial charge in [-0.25, -0.2) is 9.38 Å². The van der Waals surface area contributed by atoms with Gasteiger partial charge in [-0.05, 0) is 57.0 Å². The quantitative estimate of drug-likeness (QED) is 0.417. The van der Waals surface area contributed by atoms with Crippen molar-refractivity contribution in [3.63, 3.8) is 0 Å². The maximum Gasteiger partial charge on any atom is 0.191 e. The molecule has 2 aromatic rings. The molecule has 2 N–H and O–H groups in total. The number of nitrogens with one attached hydrogen (secondary N) is 2. The molecule has 0 aliphatic rings. The number of guanidine groups is 1. The van der Waals surface area contributed by atoms with Gasteiger partial charge in [0.15, 0.2) is 5.96 Å². The van der Waals surface area contributed by atoms with Crippen LogP contribution in [-0.2, 0) is 13.1 Å². The highest BCUT2D eigenvalue weighted by molar-refractivity contribution is 9.10. The lowest BCUT2D eigenvalue weighted by molar-refractivity contribution is 0.555. The van der Waals surface area contributed by atoms with Crippen LogP contribution in [0, 0.1) is 19.7 Å². The van der Waals surface area contributed by atoms with Crippen molar-refractivity contribution in [1.29, 1.82) is 0 Å². The maximum absolute atomic E-state index is 13.4. The van der Waals surface area contributed by atoms with Crippen LogP contribution < -0.4 is 10.6 Å². The lowest BCUT2D eigenvalue weighted by Gasteiger charge is -2.12. The maximum atomic E-state index is 13.4. The molecule has 7 heteroatoms. The third-order valence-corrected chi connectivity index (χ3v) is 4.48. The van der Waals surface area contributed by atoms with E-state index in [-0.39, 0.29) is 5.82 Å². The molecule has 0 spiro atoms. The third kappa shape index (κ3) is 6.16. The normalized spacial score (nSPS) is 11.6. The zero-order valence-corrected chi connectivity index (χ0v) is 16.5. The predicted octanol–water partition coefficient (Wildman–Crippen LogP) is 3.55. The predicted molar refractivity (Wildman–Crippen MR) is 103 cm³/mol. The molecule has 0 atom stereocenters. The van der Waals surface area contributed by atoms with E-state index in [1.807, 2.05) is 18.5 Å². The largest absolute Gasteiger partial charge is 0.357 e. The van der Waals surface area contributed by atoms with Gasteiger partial charge in [0.1, 0.15) is 5.82 Å². The van der Waals surface area contributed by atoms with Gasteiger partial charge in [-0.15, -0.1) is 0 Å². The first kappa shape index (κ1) is 19.4. The molecule has 0 fully saturated rings. The molecule has 0 bridgehead atoms. The second-order valence-corrected chi connectivity index (χ2v) is 6.72. The SMILES string of the molecule is CCNC(=NCc1cc(F)ccc1Br)NCCCn1nc(C)cc1C. The summed E-state index contributed by atoms with van der Waals surface area (Å²) in [6, 6.07) is 6.71. The standard InChI is InChI=1S/C18H25BrFN5/c1-4-21-18(23-12-15-11-16(20)6-7-17(15)19)22-8-5-9-25-14(3)10-13(2)24-25/h6-7,10-11H,4-5,8-9,12H2,1-3H3,(H2,21,22,23). The van der Waals surface area contributed by atoms with Crippen LogP contribution in [0.4, 0.5) is 4.39 Å². The van der Waals surface area contributed by atoms with Crippen molar-refractivity contribution >= 4 is 21.9 Å². The second-order valence-electron chi connectivity index (χ2n) is 5.86. The Bertz CT molecular complexity index is 726. The highest BCUT2D eigenvalue weighted by atomic mass is 79.9. The zero-order chi connectivity index (χ0) is 18.2. The lowest BCUT2D eigenvalue weighted by atomic mass is 10.2. The number of hydrogen-bond acceptors (Lipinski definition) is 2. The molecule has 1 aromatic heterocycles. The number of benzene rings is 1. The number of nitrogens with zero attached hydrogens (tertiary/aromatic N) is 3. The van der Waals surface area contributed by atoms with E-state index in [0.29, 0.717) is 6.54 Å². The summed E-state index contributed by atoms with van der Waals surface area (Å²) in [6.45, 7) is 8.91. The van der Waals surface area contributed by atoms with Crippen molar-refractivity contribution < 1.29 is 4.39 Å². The average Bonchev–Trinajstić information content (AvgIpc) is 2.89. The van der Waals surface area contributed by atoms with Gasteiger partial charge in [0, 0.05) is 29.8 Å². The van der Waals surface area contributed by atoms with Crippen molar-refractivity contribution in [3.05, 3.63) is 51.5 Å². The fourth-order valence-corrected chi connectivity index (χ4v) is 2.88. The smallest absolute Gasteiger partial charge is 0.191 e. The molecule has 0 radical (unpaired) electrons. The number of aromatic nitrogens is 2. The van der Waals surface area contributed by atoms with Gasteiger partial charge in [-0.2, -0.15) is 5.10 Å². The molecular formula is C18H25BrFN5. The summed E-state index contributed by atoms with van der Waals surface area (Å²) in [5.74, 6) is 0.475. The Balaban J connectivity index is 1.87. The summed E-state index contributed by atoms with van der Waals surface area (Å²) < 4.78 is 16.2. The van der Waals surface area contributed by atoms with E-state index in [2.05, 4.69) is 49.6 Å². The van der Waals surface area contributed by atoms with E-state index in [4.69, 9.17) is 0 Å². The molecule has 0 amide bonds. The first-order chi connectivity index (χ1) is 12.0. The Hall–Kier alpha value is -1.89. The number of aryl methyl sites for hydroxylation is 3. The van der Waals surface area contributed by atoms with Crippen molar-refractivity contribution in [1.82, 2.24) is 20.4 Å². The monoisotopic (exact) mass is 409 g/mol. The van der Waals surface area contributed by atoms with Crippen LogP contribution in [0.25, 0.3) is 0 Å². The van der Waals surface area contributed by atoms with Crippen molar-refractivity contribution in [3.8, 4) is 0 Å². The minimum atomic E-state index is -0.253. The highest BCUT2D eigenvalue weighted by Gasteiger charge is 2.04. The van der Waals surface area contributed by atoms with Crippen molar-refractivity contribution in [2.24, 2.45) is 4.99 Å². The van der Waals surface area contributed by atoms with Gasteiger partial charge in [-0.1, -0.05) is 15.9 Å². The van der Waals surface area contributed by atoms with Gasteiger partial charge in [0.05, 0.1) is 12.2 Å². The van der Waals surface area contributed by atoms with E-state index in [0.717, 1.165) is 47.7 Å². The molecule has 1 aromatic carbocycles. The summed E-state index contributed by atoms with van der Waals surface area (Å²) in [7, 11) is 0. The summed E-state index contributed by atoms with van der Waals surface area (Å²) in [5.41, 5.74) is 3.04. The van der Waals surface area contributed by atoms with Crippen LogP contribution in [0.1, 0.15) is 30.3 Å². The first-order valence-electron chi connectivity index (χ1n) is 8.46. The molecule has 0 saturated heterocycles. The van der Waals surface area contributed by atoms with E-state index < -0.39 is 0 Å². The van der Waals surface area contributed by atoms with Crippen LogP contribution in [0.3, 0.4) is 0 Å². The van der Waals surface area contributed by atoms with Crippen LogP contribution in [-0.4, -0.2) is 28.8 Å². The van der Waals surface area contributed by atoms with Crippen LogP contribution >= 0.6 is 15.9 Å². The number of aliphatic imine (C=N–C) groups is 1. The molecule has 5 nitrogen and oxygen atoms in total. The molecule has 1 heterocycles. The summed E-state index contributed by atoms with van der Waals surface area (Å²) in [4.78, 5) is 4.53. The van der Waals surface area contributed by atoms with Crippen LogP contribution in [0.5, 0.6) is 0 Å². The fraction of sp³-hybridized carbons (Fsp3) is 0.444. The fourth-order valence-electron chi connectivity index (χ4n) is 2.51. The summed E-state index contributed by atoms with van der Waals surface area (Å²) in [5, 5.41) is 11.0. The lowest BCUT2D eigenvalue weighted by Crippen LogP contribution is -2.38. The van der Waals surface area contributed by atoms with E-state index in [1.165, 1.54) is 17.8 Å². The number of hydrogen-bond donors (Lipinski definition) is 2. The Morgan fingerprint density at radius 2 is 2.08 bits per heavy atom. The highest BCUT2D eigenvalue weighted by Crippen LogP contribution is 2.18. The molecule has 25 heavy (non-hydrogen) atoms. The van der Waals surface area contributed by atoms with Gasteiger partial charge in [0.25, 0.3) is 0 Å².